The molecule has 1 aliphatic carbocycles. The Kier molecular flexibility index (Phi) is 2.51. The molecule has 0 heterocycles. The summed E-state index contributed by atoms with van der Waals surface area (Å²) in [5.74, 6) is 1.09. The Bertz CT molecular complexity index is 355. The quantitative estimate of drug-likeness (QED) is 0.704. The van der Waals surface area contributed by atoms with Crippen LogP contribution in [0.1, 0.15) is 25.3 Å². The molecule has 0 amide bonds. The third-order valence-corrected chi connectivity index (χ3v) is 3.59. The Morgan fingerprint density at radius 1 is 1.47 bits per heavy atom. The Hall–Kier alpha value is -1.31. The van der Waals surface area contributed by atoms with Crippen molar-refractivity contribution in [3.63, 3.8) is 0 Å². The van der Waals surface area contributed by atoms with Crippen molar-refractivity contribution in [1.29, 1.82) is 0 Å². The van der Waals surface area contributed by atoms with Crippen LogP contribution in [0.4, 0.5) is 0 Å². The molecule has 0 aliphatic heterocycles. The van der Waals surface area contributed by atoms with E-state index >= 15 is 0 Å². The number of hydrogen-bond acceptors (Lipinski definition) is 2. The molecular weight excluding hydrogens is 188 g/mol. The third kappa shape index (κ3) is 1.54. The molecule has 0 bridgehead atoms. The van der Waals surface area contributed by atoms with Gasteiger partial charge in [0.15, 0.2) is 0 Å². The molecule has 2 nitrogen and oxygen atoms in total. The number of benzene rings is 1. The first-order valence-corrected chi connectivity index (χ1v) is 5.36. The van der Waals surface area contributed by atoms with Gasteiger partial charge in [0.25, 0.3) is 0 Å². The van der Waals surface area contributed by atoms with E-state index in [9.17, 15) is 4.79 Å². The summed E-state index contributed by atoms with van der Waals surface area (Å²) in [6.07, 6.45) is 3.12. The van der Waals surface area contributed by atoms with Crippen LogP contribution in [0.5, 0.6) is 5.75 Å². The second-order valence-electron chi connectivity index (χ2n) is 4.18. The van der Waals surface area contributed by atoms with Gasteiger partial charge in [0.2, 0.25) is 0 Å². The standard InChI is InChI=1S/C13H16O2/c1-3-13(8-11(13)9-14)10-4-6-12(15-2)7-5-10/h4-7,9,11H,3,8H2,1-2H3. The molecule has 2 atom stereocenters. The van der Waals surface area contributed by atoms with Gasteiger partial charge >= 0.3 is 0 Å². The van der Waals surface area contributed by atoms with Gasteiger partial charge in [-0.15, -0.1) is 0 Å². The molecule has 0 aromatic heterocycles. The number of carbonyl (C=O) groups is 1. The fraction of sp³-hybridized carbons (Fsp3) is 0.462. The van der Waals surface area contributed by atoms with Crippen LogP contribution in [-0.4, -0.2) is 13.4 Å². The molecule has 2 rings (SSSR count). The lowest BCUT2D eigenvalue weighted by molar-refractivity contribution is -0.109. The van der Waals surface area contributed by atoms with E-state index in [-0.39, 0.29) is 11.3 Å². The Morgan fingerprint density at radius 3 is 2.53 bits per heavy atom. The summed E-state index contributed by atoms with van der Waals surface area (Å²) in [5, 5.41) is 0. The van der Waals surface area contributed by atoms with Gasteiger partial charge in [-0.2, -0.15) is 0 Å². The number of aldehydes is 1. The van der Waals surface area contributed by atoms with Gasteiger partial charge in [-0.05, 0) is 30.5 Å². The van der Waals surface area contributed by atoms with Gasteiger partial charge in [0, 0.05) is 11.3 Å². The summed E-state index contributed by atoms with van der Waals surface area (Å²) in [6.45, 7) is 2.15. The van der Waals surface area contributed by atoms with Crippen molar-refractivity contribution in [1.82, 2.24) is 0 Å². The lowest BCUT2D eigenvalue weighted by Crippen LogP contribution is -2.09. The van der Waals surface area contributed by atoms with Crippen LogP contribution in [0.15, 0.2) is 24.3 Å². The normalized spacial score (nSPS) is 28.5. The molecule has 80 valence electrons. The first-order chi connectivity index (χ1) is 7.26. The van der Waals surface area contributed by atoms with Crippen molar-refractivity contribution in [3.05, 3.63) is 29.8 Å². The van der Waals surface area contributed by atoms with Crippen LogP contribution in [0.25, 0.3) is 0 Å². The van der Waals surface area contributed by atoms with Crippen LogP contribution < -0.4 is 4.74 Å². The summed E-state index contributed by atoms with van der Waals surface area (Å²) >= 11 is 0. The maximum Gasteiger partial charge on any atom is 0.123 e. The molecule has 1 aromatic carbocycles. The van der Waals surface area contributed by atoms with Gasteiger partial charge in [-0.3, -0.25) is 0 Å². The number of hydrogen-bond donors (Lipinski definition) is 0. The van der Waals surface area contributed by atoms with Crippen LogP contribution in [0.3, 0.4) is 0 Å². The van der Waals surface area contributed by atoms with Crippen molar-refractivity contribution in [2.45, 2.75) is 25.2 Å². The number of methoxy groups -OCH3 is 1. The maximum absolute atomic E-state index is 10.8. The molecule has 1 aliphatic rings. The molecule has 2 heteroatoms. The molecule has 2 unspecified atom stereocenters. The van der Waals surface area contributed by atoms with Crippen LogP contribution in [-0.2, 0) is 10.2 Å². The summed E-state index contributed by atoms with van der Waals surface area (Å²) in [6, 6.07) is 8.08. The van der Waals surface area contributed by atoms with Crippen LogP contribution in [0.2, 0.25) is 0 Å². The minimum atomic E-state index is 0.119. The minimum absolute atomic E-state index is 0.119. The van der Waals surface area contributed by atoms with E-state index < -0.39 is 0 Å². The van der Waals surface area contributed by atoms with Gasteiger partial charge in [0.1, 0.15) is 12.0 Å². The van der Waals surface area contributed by atoms with E-state index in [2.05, 4.69) is 19.1 Å². The molecule has 1 fully saturated rings. The second kappa shape index (κ2) is 3.69. The molecule has 1 saturated carbocycles. The lowest BCUT2D eigenvalue weighted by Gasteiger charge is -2.14. The van der Waals surface area contributed by atoms with E-state index in [1.165, 1.54) is 5.56 Å². The fourth-order valence-electron chi connectivity index (χ4n) is 2.38. The van der Waals surface area contributed by atoms with Gasteiger partial charge < -0.3 is 9.53 Å². The second-order valence-corrected chi connectivity index (χ2v) is 4.18. The SMILES string of the molecule is CCC1(c2ccc(OC)cc2)CC1C=O. The summed E-state index contributed by atoms with van der Waals surface area (Å²) in [7, 11) is 1.66. The fourth-order valence-corrected chi connectivity index (χ4v) is 2.38. The van der Waals surface area contributed by atoms with E-state index in [4.69, 9.17) is 4.74 Å². The highest BCUT2D eigenvalue weighted by atomic mass is 16.5. The van der Waals surface area contributed by atoms with Gasteiger partial charge in [-0.1, -0.05) is 19.1 Å². The lowest BCUT2D eigenvalue weighted by atomic mass is 9.91. The first-order valence-electron chi connectivity index (χ1n) is 5.36. The van der Waals surface area contributed by atoms with Crippen molar-refractivity contribution in [2.75, 3.05) is 7.11 Å². The number of carbonyl (C=O) groups excluding carboxylic acids is 1. The van der Waals surface area contributed by atoms with Crippen molar-refractivity contribution >= 4 is 6.29 Å². The minimum Gasteiger partial charge on any atom is -0.497 e. The molecule has 0 radical (unpaired) electrons. The van der Waals surface area contributed by atoms with E-state index in [1.54, 1.807) is 7.11 Å². The number of rotatable bonds is 4. The predicted octanol–water partition coefficient (Wildman–Crippen LogP) is 2.56. The summed E-state index contributed by atoms with van der Waals surface area (Å²) in [4.78, 5) is 10.8. The first kappa shape index (κ1) is 10.2. The van der Waals surface area contributed by atoms with Crippen LogP contribution in [0, 0.1) is 5.92 Å². The highest BCUT2D eigenvalue weighted by molar-refractivity contribution is 5.64. The highest BCUT2D eigenvalue weighted by Gasteiger charge is 2.53. The van der Waals surface area contributed by atoms with Crippen LogP contribution >= 0.6 is 0 Å². The smallest absolute Gasteiger partial charge is 0.123 e. The van der Waals surface area contributed by atoms with Crippen molar-refractivity contribution in [3.8, 4) is 5.75 Å². The summed E-state index contributed by atoms with van der Waals surface area (Å²) in [5.41, 5.74) is 1.39. The average molecular weight is 204 g/mol. The maximum atomic E-state index is 10.8. The van der Waals surface area contributed by atoms with Gasteiger partial charge in [-0.25, -0.2) is 0 Å². The molecular formula is C13H16O2. The predicted molar refractivity (Wildman–Crippen MR) is 59.1 cm³/mol. The zero-order chi connectivity index (χ0) is 10.9. The Balaban J connectivity index is 2.25. The van der Waals surface area contributed by atoms with E-state index in [0.29, 0.717) is 0 Å². The zero-order valence-electron chi connectivity index (χ0n) is 9.19. The van der Waals surface area contributed by atoms with E-state index in [1.807, 2.05) is 12.1 Å². The molecule has 1 aromatic rings. The average Bonchev–Trinajstić information content (AvgIpc) is 3.04. The molecule has 15 heavy (non-hydrogen) atoms. The van der Waals surface area contributed by atoms with Gasteiger partial charge in [0.05, 0.1) is 7.11 Å². The third-order valence-electron chi connectivity index (χ3n) is 3.59. The topological polar surface area (TPSA) is 26.3 Å². The number of ether oxygens (including phenoxy) is 1. The highest BCUT2D eigenvalue weighted by Crippen LogP contribution is 2.55. The molecule has 0 spiro atoms. The van der Waals surface area contributed by atoms with Crippen molar-refractivity contribution in [2.24, 2.45) is 5.92 Å². The van der Waals surface area contributed by atoms with Crippen molar-refractivity contribution < 1.29 is 9.53 Å². The monoisotopic (exact) mass is 204 g/mol. The molecule has 0 N–H and O–H groups in total. The largest absolute Gasteiger partial charge is 0.497 e. The zero-order valence-corrected chi connectivity index (χ0v) is 9.19. The molecule has 0 saturated heterocycles. The Labute approximate surface area is 90.3 Å². The van der Waals surface area contributed by atoms with E-state index in [0.717, 1.165) is 24.9 Å². The Morgan fingerprint density at radius 2 is 2.13 bits per heavy atom. The summed E-state index contributed by atoms with van der Waals surface area (Å²) < 4.78 is 5.12.